The van der Waals surface area contributed by atoms with Crippen molar-refractivity contribution in [1.29, 1.82) is 0 Å². The Morgan fingerprint density at radius 2 is 1.57 bits per heavy atom. The number of carbonyl (C=O) groups is 2. The van der Waals surface area contributed by atoms with E-state index in [-0.39, 0.29) is 54.6 Å². The first-order valence-corrected chi connectivity index (χ1v) is 17.0. The van der Waals surface area contributed by atoms with Crippen molar-refractivity contribution in [3.8, 4) is 5.75 Å². The smallest absolute Gasteiger partial charge is 0.466 e. The largest absolute Gasteiger partial charge is 0.573 e. The Balaban J connectivity index is 1.57. The van der Waals surface area contributed by atoms with E-state index in [4.69, 9.17) is 4.74 Å². The maximum absolute atomic E-state index is 14.3. The van der Waals surface area contributed by atoms with E-state index in [0.29, 0.717) is 44.2 Å². The second-order valence-electron chi connectivity index (χ2n) is 13.2. The van der Waals surface area contributed by atoms with Crippen LogP contribution in [0.25, 0.3) is 0 Å². The van der Waals surface area contributed by atoms with Gasteiger partial charge in [-0.3, -0.25) is 9.59 Å². The van der Waals surface area contributed by atoms with Crippen LogP contribution in [0.15, 0.2) is 42.7 Å². The summed E-state index contributed by atoms with van der Waals surface area (Å²) in [5.41, 5.74) is -3.20. The minimum absolute atomic E-state index is 0.000878. The second kappa shape index (κ2) is 15.4. The fraction of sp³-hybridized carbons (Fsp3) is 0.559. The van der Waals surface area contributed by atoms with Crippen LogP contribution in [0.3, 0.4) is 0 Å². The van der Waals surface area contributed by atoms with Crippen LogP contribution in [0.1, 0.15) is 87.1 Å². The Labute approximate surface area is 298 Å². The summed E-state index contributed by atoms with van der Waals surface area (Å²) in [5.74, 6) is -1.72. The highest BCUT2D eigenvalue weighted by atomic mass is 19.4. The first-order valence-electron chi connectivity index (χ1n) is 17.0. The van der Waals surface area contributed by atoms with Crippen LogP contribution in [0.2, 0.25) is 0 Å². The lowest BCUT2D eigenvalue weighted by molar-refractivity contribution is -0.731. The fourth-order valence-corrected chi connectivity index (χ4v) is 7.14. The molecule has 1 aliphatic heterocycles. The van der Waals surface area contributed by atoms with Crippen molar-refractivity contribution < 1.29 is 63.3 Å². The van der Waals surface area contributed by atoms with E-state index in [2.05, 4.69) is 15.2 Å². The van der Waals surface area contributed by atoms with Crippen LogP contribution < -0.4 is 19.3 Å². The summed E-state index contributed by atoms with van der Waals surface area (Å²) in [7, 11) is 1.47. The number of aryl methyl sites for hydroxylation is 1. The molecule has 0 unspecified atom stereocenters. The molecule has 3 aromatic rings. The van der Waals surface area contributed by atoms with Gasteiger partial charge in [-0.1, -0.05) is 6.92 Å². The average molecular weight is 766 g/mol. The summed E-state index contributed by atoms with van der Waals surface area (Å²) >= 11 is 0. The molecule has 0 saturated heterocycles. The third-order valence-electron chi connectivity index (χ3n) is 9.54. The first-order chi connectivity index (χ1) is 24.8. The van der Waals surface area contributed by atoms with Gasteiger partial charge < -0.3 is 14.4 Å². The predicted octanol–water partition coefficient (Wildman–Crippen LogP) is 7.19. The van der Waals surface area contributed by atoms with Crippen molar-refractivity contribution in [3.05, 3.63) is 65.0 Å². The maximum Gasteiger partial charge on any atom is 0.573 e. The van der Waals surface area contributed by atoms with E-state index in [1.165, 1.54) is 34.0 Å². The number of esters is 1. The zero-order valence-corrected chi connectivity index (χ0v) is 28.9. The third-order valence-corrected chi connectivity index (χ3v) is 9.54. The number of carbonyl (C=O) groups excluding carboxylic acids is 2. The molecule has 2 aromatic carbocycles. The van der Waals surface area contributed by atoms with Crippen LogP contribution in [0.4, 0.5) is 45.2 Å². The van der Waals surface area contributed by atoms with Gasteiger partial charge in [-0.15, -0.1) is 17.9 Å². The molecule has 290 valence electrons. The molecule has 1 aromatic heterocycles. The minimum Gasteiger partial charge on any atom is -0.466 e. The molecule has 0 N–H and O–H groups in total. The molecule has 0 spiro atoms. The zero-order chi connectivity index (χ0) is 38.9. The highest BCUT2D eigenvalue weighted by molar-refractivity contribution is 5.97. The number of anilines is 1. The Hall–Kier alpha value is -4.58. The van der Waals surface area contributed by atoms with Gasteiger partial charge in [0.1, 0.15) is 11.0 Å². The van der Waals surface area contributed by atoms with Gasteiger partial charge in [-0.2, -0.15) is 26.3 Å². The standard InChI is InChI=1S/C34H38F9N6O4/c1-4-25-16-29(47(48-19-46(3)44-45-48)18-21-12-23(32(35,36)37)15-24(13-21)33(38,39)40)27-17-26(53-34(41,42)43)10-11-28(27)49(25)31(51)22-8-6-20(7-9-22)14-30(50)52-5-2/h10-13,15,17,19-20,22,25,29H,4-9,14,16,18H2,1-3H3/q+1/t20?,22?,25-,29+/m1/s1. The minimum atomic E-state index is -5.13. The number of amides is 1. The van der Waals surface area contributed by atoms with Gasteiger partial charge in [-0.05, 0) is 93.3 Å². The van der Waals surface area contributed by atoms with Crippen molar-refractivity contribution in [2.24, 2.45) is 18.9 Å². The highest BCUT2D eigenvalue weighted by Crippen LogP contribution is 2.46. The van der Waals surface area contributed by atoms with E-state index < -0.39 is 65.7 Å². The van der Waals surface area contributed by atoms with Gasteiger partial charge in [-0.25, -0.2) is 5.01 Å². The molecule has 19 heteroatoms. The summed E-state index contributed by atoms with van der Waals surface area (Å²) < 4.78 is 134. The van der Waals surface area contributed by atoms with Crippen molar-refractivity contribution in [3.63, 3.8) is 0 Å². The maximum atomic E-state index is 14.3. The normalized spacial score (nSPS) is 20.9. The summed E-state index contributed by atoms with van der Waals surface area (Å²) in [6, 6.07) is 2.88. The van der Waals surface area contributed by atoms with E-state index in [0.717, 1.165) is 16.9 Å². The van der Waals surface area contributed by atoms with Gasteiger partial charge in [0.15, 0.2) is 5.21 Å². The van der Waals surface area contributed by atoms with Gasteiger partial charge in [0, 0.05) is 34.4 Å². The van der Waals surface area contributed by atoms with E-state index >= 15 is 0 Å². The first kappa shape index (κ1) is 39.6. The van der Waals surface area contributed by atoms with Crippen LogP contribution in [0, 0.1) is 11.8 Å². The molecule has 0 radical (unpaired) electrons. The molecule has 2 atom stereocenters. The second-order valence-corrected chi connectivity index (χ2v) is 13.2. The topological polar surface area (TPSA) is 93.7 Å². The molecular weight excluding hydrogens is 727 g/mol. The van der Waals surface area contributed by atoms with Gasteiger partial charge in [0.2, 0.25) is 5.91 Å². The summed E-state index contributed by atoms with van der Waals surface area (Å²) in [6.07, 6.45) is -11.5. The van der Waals surface area contributed by atoms with Crippen LogP contribution in [-0.2, 0) is 40.3 Å². The molecular formula is C34H38F9N6O4+. The molecule has 5 rings (SSSR count). The van der Waals surface area contributed by atoms with Crippen molar-refractivity contribution in [1.82, 2.24) is 15.2 Å². The highest BCUT2D eigenvalue weighted by Gasteiger charge is 2.44. The van der Waals surface area contributed by atoms with Crippen LogP contribution >= 0.6 is 0 Å². The molecule has 2 aliphatic rings. The number of halogens is 9. The Kier molecular flexibility index (Phi) is 11.5. The van der Waals surface area contributed by atoms with Gasteiger partial charge in [0.25, 0.3) is 6.33 Å². The monoisotopic (exact) mass is 765 g/mol. The predicted molar refractivity (Wildman–Crippen MR) is 168 cm³/mol. The Morgan fingerprint density at radius 3 is 2.09 bits per heavy atom. The number of fused-ring (bicyclic) bond motifs is 1. The third kappa shape index (κ3) is 9.51. The Morgan fingerprint density at radius 1 is 0.925 bits per heavy atom. The lowest BCUT2D eigenvalue weighted by Crippen LogP contribution is -2.51. The van der Waals surface area contributed by atoms with Crippen LogP contribution in [-0.4, -0.2) is 46.1 Å². The average Bonchev–Trinajstić information content (AvgIpc) is 3.50. The number of benzene rings is 2. The molecule has 53 heavy (non-hydrogen) atoms. The zero-order valence-electron chi connectivity index (χ0n) is 28.9. The number of ether oxygens (including phenoxy) is 2. The number of rotatable bonds is 10. The van der Waals surface area contributed by atoms with E-state index in [1.807, 2.05) is 0 Å². The number of nitrogens with zero attached hydrogens (tertiary/aromatic N) is 6. The molecule has 1 aliphatic carbocycles. The SMILES string of the molecule is CCOC(=O)CC1CCC(C(=O)N2c3ccc(OC(F)(F)F)cc3[C@@H](N(Cc3cc(C(F)(F)F)cc(C(F)(F)F)c3)n3c[n+](C)nn3)C[C@H]2CC)CC1. The van der Waals surface area contributed by atoms with Crippen LogP contribution in [0.5, 0.6) is 5.75 Å². The molecule has 2 heterocycles. The molecule has 0 bridgehead atoms. The van der Waals surface area contributed by atoms with E-state index in [9.17, 15) is 49.1 Å². The molecule has 1 saturated carbocycles. The van der Waals surface area contributed by atoms with Crippen molar-refractivity contribution in [2.45, 2.75) is 96.1 Å². The van der Waals surface area contributed by atoms with Gasteiger partial charge in [0.05, 0.1) is 37.4 Å². The summed E-state index contributed by atoms with van der Waals surface area (Å²) in [5, 5.41) is 9.13. The number of aromatic nitrogens is 4. The number of hydrogen-bond donors (Lipinski definition) is 0. The fourth-order valence-electron chi connectivity index (χ4n) is 7.14. The van der Waals surface area contributed by atoms with Crippen molar-refractivity contribution in [2.75, 3.05) is 16.5 Å². The van der Waals surface area contributed by atoms with E-state index in [1.54, 1.807) is 13.8 Å². The number of alkyl halides is 9. The molecule has 1 fully saturated rings. The molecule has 1 amide bonds. The quantitative estimate of drug-likeness (QED) is 0.123. The summed E-state index contributed by atoms with van der Waals surface area (Å²) in [6.45, 7) is 3.11. The lowest BCUT2D eigenvalue weighted by atomic mass is 9.79. The number of tetrazole rings is 1. The Bertz CT molecular complexity index is 1740. The summed E-state index contributed by atoms with van der Waals surface area (Å²) in [4.78, 5) is 29.0. The molecule has 10 nitrogen and oxygen atoms in total. The lowest BCUT2D eigenvalue weighted by Gasteiger charge is -2.45. The van der Waals surface area contributed by atoms with Gasteiger partial charge >= 0.3 is 24.7 Å². The number of hydrogen-bond acceptors (Lipinski definition) is 7. The van der Waals surface area contributed by atoms with Crippen molar-refractivity contribution >= 4 is 17.6 Å².